The summed E-state index contributed by atoms with van der Waals surface area (Å²) < 4.78 is 0.550. The summed E-state index contributed by atoms with van der Waals surface area (Å²) in [6.07, 6.45) is 1.07. The first-order chi connectivity index (χ1) is 11.0. The molecule has 23 heavy (non-hydrogen) atoms. The van der Waals surface area contributed by atoms with Crippen LogP contribution in [0, 0.1) is 0 Å². The van der Waals surface area contributed by atoms with Crippen LogP contribution in [0.1, 0.15) is 51.6 Å². The van der Waals surface area contributed by atoms with Gasteiger partial charge in [0, 0.05) is 22.0 Å². The molecule has 5 heteroatoms. The summed E-state index contributed by atoms with van der Waals surface area (Å²) in [5.41, 5.74) is 1.71. The zero-order valence-electron chi connectivity index (χ0n) is 12.5. The quantitative estimate of drug-likeness (QED) is 0.757. The standard InChI is InChI=1S/C18H14BrNO3/c1-2-5-14(21)20-13-9-8-12(19)15-16(13)18(23)11-7-4-3-6-10(11)17(15)22/h3-4,6-9H,2,5H2,1H3,(H,20,21). The Kier molecular flexibility index (Phi) is 4.13. The molecular weight excluding hydrogens is 358 g/mol. The Morgan fingerprint density at radius 3 is 2.22 bits per heavy atom. The molecule has 1 amide bonds. The Morgan fingerprint density at radius 1 is 1.00 bits per heavy atom. The molecule has 1 aliphatic rings. The van der Waals surface area contributed by atoms with E-state index in [1.165, 1.54) is 0 Å². The van der Waals surface area contributed by atoms with Gasteiger partial charge in [-0.05, 0) is 18.6 Å². The fourth-order valence-corrected chi connectivity index (χ4v) is 3.24. The molecule has 0 radical (unpaired) electrons. The second kappa shape index (κ2) is 6.08. The fraction of sp³-hybridized carbons (Fsp3) is 0.167. The smallest absolute Gasteiger partial charge is 0.224 e. The maximum Gasteiger partial charge on any atom is 0.224 e. The molecule has 0 saturated carbocycles. The number of fused-ring (bicyclic) bond motifs is 2. The minimum Gasteiger partial charge on any atom is -0.325 e. The average molecular weight is 372 g/mol. The van der Waals surface area contributed by atoms with E-state index in [0.717, 1.165) is 0 Å². The molecule has 3 rings (SSSR count). The number of carbonyl (C=O) groups excluding carboxylic acids is 3. The highest BCUT2D eigenvalue weighted by molar-refractivity contribution is 9.10. The van der Waals surface area contributed by atoms with E-state index >= 15 is 0 Å². The van der Waals surface area contributed by atoms with E-state index in [1.54, 1.807) is 36.4 Å². The molecular formula is C18H14BrNO3. The molecule has 0 fully saturated rings. The largest absolute Gasteiger partial charge is 0.325 e. The Morgan fingerprint density at radius 2 is 1.61 bits per heavy atom. The van der Waals surface area contributed by atoms with Gasteiger partial charge in [-0.3, -0.25) is 14.4 Å². The van der Waals surface area contributed by atoms with Crippen molar-refractivity contribution < 1.29 is 14.4 Å². The van der Waals surface area contributed by atoms with Crippen LogP contribution < -0.4 is 5.32 Å². The molecule has 2 aromatic rings. The number of anilines is 1. The van der Waals surface area contributed by atoms with Crippen molar-refractivity contribution in [2.45, 2.75) is 19.8 Å². The molecule has 116 valence electrons. The maximum absolute atomic E-state index is 12.8. The fourth-order valence-electron chi connectivity index (χ4n) is 2.73. The van der Waals surface area contributed by atoms with E-state index in [4.69, 9.17) is 0 Å². The van der Waals surface area contributed by atoms with Crippen molar-refractivity contribution in [2.24, 2.45) is 0 Å². The van der Waals surface area contributed by atoms with Gasteiger partial charge in [-0.25, -0.2) is 0 Å². The van der Waals surface area contributed by atoms with Gasteiger partial charge in [-0.1, -0.05) is 47.1 Å². The molecule has 0 saturated heterocycles. The monoisotopic (exact) mass is 371 g/mol. The Balaban J connectivity index is 2.17. The summed E-state index contributed by atoms with van der Waals surface area (Å²) in [6.45, 7) is 1.90. The van der Waals surface area contributed by atoms with Crippen molar-refractivity contribution in [3.8, 4) is 0 Å². The molecule has 4 nitrogen and oxygen atoms in total. The highest BCUT2D eigenvalue weighted by Gasteiger charge is 2.33. The zero-order valence-corrected chi connectivity index (χ0v) is 14.1. The van der Waals surface area contributed by atoms with Crippen LogP contribution in [0.2, 0.25) is 0 Å². The SMILES string of the molecule is CCCC(=O)Nc1ccc(Br)c2c1C(=O)c1ccccc1C2=O. The van der Waals surface area contributed by atoms with E-state index in [-0.39, 0.29) is 23.0 Å². The van der Waals surface area contributed by atoms with Crippen molar-refractivity contribution in [3.63, 3.8) is 0 Å². The van der Waals surface area contributed by atoms with Crippen molar-refractivity contribution >= 4 is 39.1 Å². The lowest BCUT2D eigenvalue weighted by Crippen LogP contribution is -2.24. The van der Waals surface area contributed by atoms with Gasteiger partial charge in [0.05, 0.1) is 16.8 Å². The lowest BCUT2D eigenvalue weighted by molar-refractivity contribution is -0.116. The lowest BCUT2D eigenvalue weighted by Gasteiger charge is -2.21. The van der Waals surface area contributed by atoms with E-state index < -0.39 is 0 Å². The normalized spacial score (nSPS) is 12.6. The predicted molar refractivity (Wildman–Crippen MR) is 91.0 cm³/mol. The molecule has 1 N–H and O–H groups in total. The zero-order chi connectivity index (χ0) is 16.6. The van der Waals surface area contributed by atoms with Crippen LogP contribution >= 0.6 is 15.9 Å². The van der Waals surface area contributed by atoms with Crippen LogP contribution in [-0.2, 0) is 4.79 Å². The number of hydrogen-bond acceptors (Lipinski definition) is 3. The molecule has 0 heterocycles. The summed E-state index contributed by atoms with van der Waals surface area (Å²) in [5.74, 6) is -0.631. The lowest BCUT2D eigenvalue weighted by atomic mass is 9.83. The highest BCUT2D eigenvalue weighted by atomic mass is 79.9. The van der Waals surface area contributed by atoms with E-state index in [2.05, 4.69) is 21.2 Å². The number of nitrogens with one attached hydrogen (secondary N) is 1. The minimum atomic E-state index is -0.247. The number of carbonyl (C=O) groups is 3. The van der Waals surface area contributed by atoms with Crippen molar-refractivity contribution in [3.05, 3.63) is 63.1 Å². The van der Waals surface area contributed by atoms with Gasteiger partial charge in [-0.2, -0.15) is 0 Å². The van der Waals surface area contributed by atoms with E-state index in [9.17, 15) is 14.4 Å². The first kappa shape index (κ1) is 15.6. The second-order valence-corrected chi connectivity index (χ2v) is 6.20. The molecule has 0 aliphatic heterocycles. The predicted octanol–water partition coefficient (Wildman–Crippen LogP) is 3.96. The van der Waals surface area contributed by atoms with E-state index in [0.29, 0.717) is 39.7 Å². The van der Waals surface area contributed by atoms with Crippen LogP contribution in [0.3, 0.4) is 0 Å². The summed E-state index contributed by atoms with van der Waals surface area (Å²) in [7, 11) is 0. The topological polar surface area (TPSA) is 63.2 Å². The number of halogens is 1. The van der Waals surface area contributed by atoms with Crippen LogP contribution in [0.5, 0.6) is 0 Å². The number of ketones is 2. The van der Waals surface area contributed by atoms with Crippen LogP contribution in [0.25, 0.3) is 0 Å². The van der Waals surface area contributed by atoms with Crippen LogP contribution in [0.15, 0.2) is 40.9 Å². The average Bonchev–Trinajstić information content (AvgIpc) is 2.54. The minimum absolute atomic E-state index is 0.170. The van der Waals surface area contributed by atoms with Crippen molar-refractivity contribution in [1.29, 1.82) is 0 Å². The van der Waals surface area contributed by atoms with Gasteiger partial charge in [-0.15, -0.1) is 0 Å². The molecule has 1 aliphatic carbocycles. The Bertz CT molecular complexity index is 842. The molecule has 0 bridgehead atoms. The summed E-state index contributed by atoms with van der Waals surface area (Å²) in [4.78, 5) is 37.5. The number of hydrogen-bond donors (Lipinski definition) is 1. The Labute approximate surface area is 142 Å². The van der Waals surface area contributed by atoms with E-state index in [1.807, 2.05) is 6.92 Å². The van der Waals surface area contributed by atoms with Crippen molar-refractivity contribution in [1.82, 2.24) is 0 Å². The maximum atomic E-state index is 12.8. The first-order valence-corrected chi connectivity index (χ1v) is 8.14. The molecule has 0 spiro atoms. The van der Waals surface area contributed by atoms with Crippen LogP contribution in [-0.4, -0.2) is 17.5 Å². The molecule has 0 unspecified atom stereocenters. The molecule has 2 aromatic carbocycles. The molecule has 0 atom stereocenters. The number of benzene rings is 2. The van der Waals surface area contributed by atoms with Crippen molar-refractivity contribution in [2.75, 3.05) is 5.32 Å². The van der Waals surface area contributed by atoms with Gasteiger partial charge >= 0.3 is 0 Å². The summed E-state index contributed by atoms with van der Waals surface area (Å²) >= 11 is 3.35. The van der Waals surface area contributed by atoms with Gasteiger partial charge in [0.15, 0.2) is 11.6 Å². The molecule has 0 aromatic heterocycles. The third-order valence-electron chi connectivity index (χ3n) is 3.78. The second-order valence-electron chi connectivity index (χ2n) is 5.35. The number of rotatable bonds is 3. The van der Waals surface area contributed by atoms with Gasteiger partial charge in [0.2, 0.25) is 5.91 Å². The van der Waals surface area contributed by atoms with Gasteiger partial charge < -0.3 is 5.32 Å². The first-order valence-electron chi connectivity index (χ1n) is 7.35. The third-order valence-corrected chi connectivity index (χ3v) is 4.44. The summed E-state index contributed by atoms with van der Waals surface area (Å²) in [6, 6.07) is 10.1. The third kappa shape index (κ3) is 2.61. The Hall–Kier alpha value is -2.27. The van der Waals surface area contributed by atoms with Gasteiger partial charge in [0.1, 0.15) is 0 Å². The summed E-state index contributed by atoms with van der Waals surface area (Å²) in [5, 5.41) is 2.75. The van der Waals surface area contributed by atoms with Gasteiger partial charge in [0.25, 0.3) is 0 Å². The van der Waals surface area contributed by atoms with Crippen LogP contribution in [0.4, 0.5) is 5.69 Å². The number of amides is 1. The highest BCUT2D eigenvalue weighted by Crippen LogP contribution is 2.36.